The van der Waals surface area contributed by atoms with Crippen molar-refractivity contribution in [1.29, 1.82) is 0 Å². The first-order valence-electron chi connectivity index (χ1n) is 9.28. The molecule has 1 rings (SSSR count). The Bertz CT molecular complexity index is 263. The monoisotopic (exact) mass is 297 g/mol. The zero-order valence-corrected chi connectivity index (χ0v) is 15.4. The molecule has 2 atom stereocenters. The first kappa shape index (κ1) is 19.0. The van der Waals surface area contributed by atoms with E-state index < -0.39 is 0 Å². The van der Waals surface area contributed by atoms with Crippen molar-refractivity contribution < 1.29 is 4.74 Å². The van der Waals surface area contributed by atoms with Crippen molar-refractivity contribution in [3.63, 3.8) is 0 Å². The predicted octanol–water partition coefficient (Wildman–Crippen LogP) is 5.02. The Morgan fingerprint density at radius 1 is 1.05 bits per heavy atom. The van der Waals surface area contributed by atoms with Crippen LogP contribution in [0.4, 0.5) is 0 Å². The molecule has 0 heterocycles. The standard InChI is InChI=1S/C19H39NO/c1-7-14-20-17(18(21-9-3)19(4,5)6)16-12-10-15(8-2)11-13-16/h15-18,20H,7-14H2,1-6H3. The van der Waals surface area contributed by atoms with E-state index in [1.165, 1.54) is 38.5 Å². The van der Waals surface area contributed by atoms with E-state index in [4.69, 9.17) is 4.74 Å². The second-order valence-electron chi connectivity index (χ2n) is 7.91. The van der Waals surface area contributed by atoms with Gasteiger partial charge >= 0.3 is 0 Å². The molecule has 0 aliphatic heterocycles. The second kappa shape index (κ2) is 9.15. The summed E-state index contributed by atoms with van der Waals surface area (Å²) in [5.74, 6) is 1.75. The van der Waals surface area contributed by atoms with Crippen LogP contribution in [0.25, 0.3) is 0 Å². The fraction of sp³-hybridized carbons (Fsp3) is 1.00. The van der Waals surface area contributed by atoms with Gasteiger partial charge < -0.3 is 10.1 Å². The maximum atomic E-state index is 6.21. The van der Waals surface area contributed by atoms with Crippen LogP contribution < -0.4 is 5.32 Å². The molecule has 126 valence electrons. The van der Waals surface area contributed by atoms with Gasteiger partial charge in [-0.15, -0.1) is 0 Å². The highest BCUT2D eigenvalue weighted by molar-refractivity contribution is 4.92. The number of hydrogen-bond acceptors (Lipinski definition) is 2. The van der Waals surface area contributed by atoms with Crippen molar-refractivity contribution >= 4 is 0 Å². The van der Waals surface area contributed by atoms with Gasteiger partial charge in [0.15, 0.2) is 0 Å². The van der Waals surface area contributed by atoms with E-state index in [0.29, 0.717) is 12.1 Å². The fourth-order valence-corrected chi connectivity index (χ4v) is 3.86. The molecule has 1 aliphatic rings. The van der Waals surface area contributed by atoms with E-state index >= 15 is 0 Å². The molecular weight excluding hydrogens is 258 g/mol. The first-order chi connectivity index (χ1) is 9.93. The molecule has 2 unspecified atom stereocenters. The third-order valence-electron chi connectivity index (χ3n) is 5.13. The van der Waals surface area contributed by atoms with Crippen LogP contribution in [-0.2, 0) is 4.74 Å². The summed E-state index contributed by atoms with van der Waals surface area (Å²) in [5.41, 5.74) is 0.197. The Kier molecular flexibility index (Phi) is 8.26. The summed E-state index contributed by atoms with van der Waals surface area (Å²) in [6.45, 7) is 15.6. The minimum Gasteiger partial charge on any atom is -0.376 e. The topological polar surface area (TPSA) is 21.3 Å². The molecule has 1 fully saturated rings. The maximum Gasteiger partial charge on any atom is 0.0778 e. The molecular formula is C19H39NO. The molecule has 0 spiro atoms. The van der Waals surface area contributed by atoms with E-state index in [9.17, 15) is 0 Å². The molecule has 0 aromatic heterocycles. The van der Waals surface area contributed by atoms with E-state index in [-0.39, 0.29) is 5.41 Å². The summed E-state index contributed by atoms with van der Waals surface area (Å²) < 4.78 is 6.21. The number of ether oxygens (including phenoxy) is 1. The quantitative estimate of drug-likeness (QED) is 0.679. The zero-order valence-electron chi connectivity index (χ0n) is 15.4. The van der Waals surface area contributed by atoms with Gasteiger partial charge in [0.2, 0.25) is 0 Å². The summed E-state index contributed by atoms with van der Waals surface area (Å²) >= 11 is 0. The fourth-order valence-electron chi connectivity index (χ4n) is 3.86. The third-order valence-corrected chi connectivity index (χ3v) is 5.13. The molecule has 1 aliphatic carbocycles. The number of rotatable bonds is 8. The van der Waals surface area contributed by atoms with Crippen LogP contribution >= 0.6 is 0 Å². The van der Waals surface area contributed by atoms with Gasteiger partial charge in [0.25, 0.3) is 0 Å². The highest BCUT2D eigenvalue weighted by atomic mass is 16.5. The van der Waals surface area contributed by atoms with Crippen molar-refractivity contribution in [3.05, 3.63) is 0 Å². The van der Waals surface area contributed by atoms with Crippen molar-refractivity contribution in [2.75, 3.05) is 13.2 Å². The van der Waals surface area contributed by atoms with Crippen molar-refractivity contribution in [1.82, 2.24) is 5.32 Å². The Hall–Kier alpha value is -0.0800. The lowest BCUT2D eigenvalue weighted by Crippen LogP contribution is -2.53. The first-order valence-corrected chi connectivity index (χ1v) is 9.28. The van der Waals surface area contributed by atoms with Crippen LogP contribution in [0.3, 0.4) is 0 Å². The van der Waals surface area contributed by atoms with Gasteiger partial charge in [-0.2, -0.15) is 0 Å². The zero-order chi connectivity index (χ0) is 15.9. The van der Waals surface area contributed by atoms with Gasteiger partial charge in [0.05, 0.1) is 6.10 Å². The largest absolute Gasteiger partial charge is 0.376 e. The summed E-state index contributed by atoms with van der Waals surface area (Å²) in [4.78, 5) is 0. The Labute approximate surface area is 133 Å². The maximum absolute atomic E-state index is 6.21. The molecule has 2 nitrogen and oxygen atoms in total. The van der Waals surface area contributed by atoms with Crippen LogP contribution in [0.2, 0.25) is 0 Å². The number of nitrogens with one attached hydrogen (secondary N) is 1. The van der Waals surface area contributed by atoms with Crippen LogP contribution in [0.1, 0.15) is 80.1 Å². The summed E-state index contributed by atoms with van der Waals surface area (Å²) in [6.07, 6.45) is 8.44. The van der Waals surface area contributed by atoms with Crippen LogP contribution in [0, 0.1) is 17.3 Å². The van der Waals surface area contributed by atoms with Gasteiger partial charge in [-0.3, -0.25) is 0 Å². The average molecular weight is 298 g/mol. The lowest BCUT2D eigenvalue weighted by molar-refractivity contribution is -0.0540. The summed E-state index contributed by atoms with van der Waals surface area (Å²) in [7, 11) is 0. The SMILES string of the molecule is CCCNC(C1CCC(CC)CC1)C(OCC)C(C)(C)C. The summed E-state index contributed by atoms with van der Waals surface area (Å²) in [6, 6.07) is 0.516. The van der Waals surface area contributed by atoms with Crippen LogP contribution in [0.5, 0.6) is 0 Å². The minimum absolute atomic E-state index is 0.197. The molecule has 0 radical (unpaired) electrons. The molecule has 1 saturated carbocycles. The molecule has 0 amide bonds. The van der Waals surface area contributed by atoms with Gasteiger partial charge in [-0.1, -0.05) is 53.9 Å². The van der Waals surface area contributed by atoms with Crippen LogP contribution in [-0.4, -0.2) is 25.3 Å². The molecule has 0 aromatic rings. The molecule has 0 bridgehead atoms. The van der Waals surface area contributed by atoms with E-state index in [1.807, 2.05) is 0 Å². The number of hydrogen-bond donors (Lipinski definition) is 1. The van der Waals surface area contributed by atoms with E-state index in [0.717, 1.165) is 25.0 Å². The molecule has 2 heteroatoms. The van der Waals surface area contributed by atoms with Gasteiger partial charge in [-0.25, -0.2) is 0 Å². The Morgan fingerprint density at radius 2 is 1.67 bits per heavy atom. The normalized spacial score (nSPS) is 26.6. The molecule has 0 saturated heterocycles. The highest BCUT2D eigenvalue weighted by Gasteiger charge is 2.38. The minimum atomic E-state index is 0.197. The second-order valence-corrected chi connectivity index (χ2v) is 7.91. The lowest BCUT2D eigenvalue weighted by atomic mass is 9.72. The van der Waals surface area contributed by atoms with Crippen molar-refractivity contribution in [3.8, 4) is 0 Å². The van der Waals surface area contributed by atoms with Crippen molar-refractivity contribution in [2.24, 2.45) is 17.3 Å². The van der Waals surface area contributed by atoms with Crippen LogP contribution in [0.15, 0.2) is 0 Å². The van der Waals surface area contributed by atoms with Gasteiger partial charge in [-0.05, 0) is 50.0 Å². The van der Waals surface area contributed by atoms with Gasteiger partial charge in [0, 0.05) is 12.6 Å². The molecule has 21 heavy (non-hydrogen) atoms. The Balaban J connectivity index is 2.77. The van der Waals surface area contributed by atoms with Crippen molar-refractivity contribution in [2.45, 2.75) is 92.2 Å². The third kappa shape index (κ3) is 5.90. The lowest BCUT2D eigenvalue weighted by Gasteiger charge is -2.43. The Morgan fingerprint density at radius 3 is 2.10 bits per heavy atom. The van der Waals surface area contributed by atoms with Gasteiger partial charge in [0.1, 0.15) is 0 Å². The van der Waals surface area contributed by atoms with E-state index in [2.05, 4.69) is 46.9 Å². The molecule has 1 N–H and O–H groups in total. The average Bonchev–Trinajstić information content (AvgIpc) is 2.46. The highest BCUT2D eigenvalue weighted by Crippen LogP contribution is 2.37. The smallest absolute Gasteiger partial charge is 0.0778 e. The predicted molar refractivity (Wildman–Crippen MR) is 92.7 cm³/mol. The summed E-state index contributed by atoms with van der Waals surface area (Å²) in [5, 5.41) is 3.84. The van der Waals surface area contributed by atoms with E-state index in [1.54, 1.807) is 0 Å². The molecule has 0 aromatic carbocycles.